The van der Waals surface area contributed by atoms with Gasteiger partial charge in [-0.15, -0.1) is 0 Å². The van der Waals surface area contributed by atoms with E-state index in [1.54, 1.807) is 0 Å². The van der Waals surface area contributed by atoms with Crippen molar-refractivity contribution in [1.29, 1.82) is 0 Å². The van der Waals surface area contributed by atoms with Gasteiger partial charge >= 0.3 is 0 Å². The van der Waals surface area contributed by atoms with Crippen molar-refractivity contribution in [2.45, 2.75) is 25.8 Å². The van der Waals surface area contributed by atoms with Crippen molar-refractivity contribution in [3.05, 3.63) is 35.7 Å². The molecular weight excluding hydrogens is 212 g/mol. The molecule has 0 unspecified atom stereocenters. The molecule has 0 aliphatic carbocycles. The van der Waals surface area contributed by atoms with Crippen LogP contribution in [0.2, 0.25) is 0 Å². The first-order chi connectivity index (χ1) is 8.33. The van der Waals surface area contributed by atoms with Crippen molar-refractivity contribution in [1.82, 2.24) is 20.5 Å². The molecule has 2 aromatic rings. The van der Waals surface area contributed by atoms with Crippen molar-refractivity contribution >= 4 is 0 Å². The second kappa shape index (κ2) is 4.30. The maximum Gasteiger partial charge on any atom is 0.111 e. The summed E-state index contributed by atoms with van der Waals surface area (Å²) in [7, 11) is 0. The summed E-state index contributed by atoms with van der Waals surface area (Å²) in [6, 6.07) is 6.73. The van der Waals surface area contributed by atoms with Crippen LogP contribution in [0.15, 0.2) is 24.4 Å². The van der Waals surface area contributed by atoms with Crippen LogP contribution in [-0.2, 0) is 0 Å². The van der Waals surface area contributed by atoms with Crippen LogP contribution in [0.1, 0.15) is 30.1 Å². The molecule has 0 radical (unpaired) electrons. The zero-order valence-electron chi connectivity index (χ0n) is 9.90. The van der Waals surface area contributed by atoms with E-state index >= 15 is 0 Å². The Morgan fingerprint density at radius 3 is 2.94 bits per heavy atom. The average molecular weight is 228 g/mol. The summed E-state index contributed by atoms with van der Waals surface area (Å²) in [6.45, 7) is 3.11. The van der Waals surface area contributed by atoms with E-state index in [4.69, 9.17) is 0 Å². The quantitative estimate of drug-likeness (QED) is 0.828. The summed E-state index contributed by atoms with van der Waals surface area (Å²) >= 11 is 0. The summed E-state index contributed by atoms with van der Waals surface area (Å²) in [6.07, 6.45) is 4.33. The molecule has 1 fully saturated rings. The van der Waals surface area contributed by atoms with Gasteiger partial charge < -0.3 is 5.32 Å². The van der Waals surface area contributed by atoms with Crippen LogP contribution in [0.4, 0.5) is 0 Å². The molecule has 3 heterocycles. The van der Waals surface area contributed by atoms with Gasteiger partial charge in [-0.05, 0) is 50.1 Å². The molecule has 0 saturated carbocycles. The third kappa shape index (κ3) is 2.08. The highest BCUT2D eigenvalue weighted by atomic mass is 15.1. The summed E-state index contributed by atoms with van der Waals surface area (Å²) in [5.41, 5.74) is 4.24. The SMILES string of the molecule is Cc1cc(-c2cc([C@H]3CCCN3)ccn2)n[nH]1. The van der Waals surface area contributed by atoms with Crippen molar-refractivity contribution < 1.29 is 0 Å². The van der Waals surface area contributed by atoms with E-state index in [9.17, 15) is 0 Å². The first-order valence-electron chi connectivity index (χ1n) is 6.04. The first kappa shape index (κ1) is 10.5. The number of hydrogen-bond donors (Lipinski definition) is 2. The molecule has 3 rings (SSSR count). The number of rotatable bonds is 2. The maximum absolute atomic E-state index is 4.38. The second-order valence-corrected chi connectivity index (χ2v) is 4.56. The van der Waals surface area contributed by atoms with Gasteiger partial charge in [0.1, 0.15) is 5.69 Å². The van der Waals surface area contributed by atoms with Gasteiger partial charge in [-0.3, -0.25) is 10.1 Å². The Hall–Kier alpha value is -1.68. The van der Waals surface area contributed by atoms with Crippen molar-refractivity contribution in [3.63, 3.8) is 0 Å². The number of hydrogen-bond acceptors (Lipinski definition) is 3. The predicted molar refractivity (Wildman–Crippen MR) is 66.5 cm³/mol. The minimum atomic E-state index is 0.483. The number of aromatic nitrogens is 3. The lowest BCUT2D eigenvalue weighted by Crippen LogP contribution is -2.12. The molecule has 1 saturated heterocycles. The molecule has 1 aliphatic heterocycles. The molecule has 0 amide bonds. The van der Waals surface area contributed by atoms with E-state index in [0.717, 1.165) is 23.6 Å². The van der Waals surface area contributed by atoms with Crippen molar-refractivity contribution in [2.75, 3.05) is 6.54 Å². The summed E-state index contributed by atoms with van der Waals surface area (Å²) < 4.78 is 0. The zero-order chi connectivity index (χ0) is 11.7. The third-order valence-corrected chi connectivity index (χ3v) is 3.22. The van der Waals surface area contributed by atoms with E-state index in [0.29, 0.717) is 6.04 Å². The Balaban J connectivity index is 1.93. The van der Waals surface area contributed by atoms with E-state index in [1.165, 1.54) is 18.4 Å². The smallest absolute Gasteiger partial charge is 0.111 e. The third-order valence-electron chi connectivity index (χ3n) is 3.22. The second-order valence-electron chi connectivity index (χ2n) is 4.56. The number of nitrogens with zero attached hydrogens (tertiary/aromatic N) is 2. The number of aryl methyl sites for hydroxylation is 1. The molecule has 0 aromatic carbocycles. The summed E-state index contributed by atoms with van der Waals surface area (Å²) in [5, 5.41) is 10.7. The molecule has 1 aliphatic rings. The van der Waals surface area contributed by atoms with E-state index < -0.39 is 0 Å². The van der Waals surface area contributed by atoms with E-state index in [2.05, 4.69) is 32.6 Å². The van der Waals surface area contributed by atoms with E-state index in [-0.39, 0.29) is 0 Å². The standard InChI is InChI=1S/C13H16N4/c1-9-7-13(17-16-9)12-8-10(4-6-15-12)11-3-2-5-14-11/h4,6-8,11,14H,2-3,5H2,1H3,(H,16,17)/t11-/m1/s1. The number of pyridine rings is 1. The Bertz CT molecular complexity index is 512. The maximum atomic E-state index is 4.38. The molecular formula is C13H16N4. The Morgan fingerprint density at radius 2 is 2.24 bits per heavy atom. The van der Waals surface area contributed by atoms with E-state index in [1.807, 2.05) is 19.2 Å². The highest BCUT2D eigenvalue weighted by Crippen LogP contribution is 2.25. The molecule has 1 atom stereocenters. The molecule has 17 heavy (non-hydrogen) atoms. The van der Waals surface area contributed by atoms with Crippen LogP contribution in [0.25, 0.3) is 11.4 Å². The molecule has 0 bridgehead atoms. The van der Waals surface area contributed by atoms with Crippen LogP contribution in [0.5, 0.6) is 0 Å². The molecule has 2 N–H and O–H groups in total. The van der Waals surface area contributed by atoms with Crippen molar-refractivity contribution in [3.8, 4) is 11.4 Å². The number of nitrogens with one attached hydrogen (secondary N) is 2. The Labute approximate surface area is 100 Å². The fourth-order valence-corrected chi connectivity index (χ4v) is 2.32. The van der Waals surface area contributed by atoms with Gasteiger partial charge in [0.2, 0.25) is 0 Å². The minimum absolute atomic E-state index is 0.483. The average Bonchev–Trinajstić information content (AvgIpc) is 3.00. The van der Waals surface area contributed by atoms with Crippen molar-refractivity contribution in [2.24, 2.45) is 0 Å². The monoisotopic (exact) mass is 228 g/mol. The molecule has 4 nitrogen and oxygen atoms in total. The van der Waals surface area contributed by atoms with Gasteiger partial charge in [0.15, 0.2) is 0 Å². The minimum Gasteiger partial charge on any atom is -0.310 e. The summed E-state index contributed by atoms with van der Waals surface area (Å²) in [5.74, 6) is 0. The Morgan fingerprint density at radius 1 is 1.29 bits per heavy atom. The fraction of sp³-hybridized carbons (Fsp3) is 0.385. The lowest BCUT2D eigenvalue weighted by molar-refractivity contribution is 0.647. The lowest BCUT2D eigenvalue weighted by Gasteiger charge is -2.10. The van der Waals surface area contributed by atoms with Gasteiger partial charge in [0, 0.05) is 17.9 Å². The Kier molecular flexibility index (Phi) is 2.65. The van der Waals surface area contributed by atoms with Crippen LogP contribution in [0.3, 0.4) is 0 Å². The molecule has 4 heteroatoms. The fourth-order valence-electron chi connectivity index (χ4n) is 2.32. The van der Waals surface area contributed by atoms with Gasteiger partial charge in [0.05, 0.1) is 5.69 Å². The zero-order valence-corrected chi connectivity index (χ0v) is 9.90. The number of aromatic amines is 1. The van der Waals surface area contributed by atoms with Crippen LogP contribution < -0.4 is 5.32 Å². The lowest BCUT2D eigenvalue weighted by atomic mass is 10.1. The van der Waals surface area contributed by atoms with Gasteiger partial charge in [-0.25, -0.2) is 0 Å². The van der Waals surface area contributed by atoms with Crippen LogP contribution in [0, 0.1) is 6.92 Å². The predicted octanol–water partition coefficient (Wildman–Crippen LogP) is 2.20. The molecule has 0 spiro atoms. The van der Waals surface area contributed by atoms with Gasteiger partial charge in [0.25, 0.3) is 0 Å². The van der Waals surface area contributed by atoms with Gasteiger partial charge in [-0.1, -0.05) is 0 Å². The highest BCUT2D eigenvalue weighted by molar-refractivity contribution is 5.55. The molecule has 2 aromatic heterocycles. The topological polar surface area (TPSA) is 53.6 Å². The normalized spacial score (nSPS) is 19.7. The van der Waals surface area contributed by atoms with Crippen LogP contribution >= 0.6 is 0 Å². The number of H-pyrrole nitrogens is 1. The largest absolute Gasteiger partial charge is 0.310 e. The van der Waals surface area contributed by atoms with Crippen LogP contribution in [-0.4, -0.2) is 21.7 Å². The highest BCUT2D eigenvalue weighted by Gasteiger charge is 2.17. The molecule has 88 valence electrons. The summed E-state index contributed by atoms with van der Waals surface area (Å²) in [4.78, 5) is 4.38. The van der Waals surface area contributed by atoms with Gasteiger partial charge in [-0.2, -0.15) is 5.10 Å². The first-order valence-corrected chi connectivity index (χ1v) is 6.04.